The lowest BCUT2D eigenvalue weighted by molar-refractivity contribution is 0.689. The second-order valence-corrected chi connectivity index (χ2v) is 2.85. The van der Waals surface area contributed by atoms with Crippen molar-refractivity contribution in [2.24, 2.45) is 17.6 Å². The van der Waals surface area contributed by atoms with Crippen LogP contribution in [0.1, 0.15) is 12.8 Å². The van der Waals surface area contributed by atoms with E-state index < -0.39 is 0 Å². The molecule has 2 N–H and O–H groups in total. The van der Waals surface area contributed by atoms with E-state index in [1.54, 1.807) is 0 Å². The molecule has 0 aromatic heterocycles. The Morgan fingerprint density at radius 2 is 1.62 bits per heavy atom. The van der Waals surface area contributed by atoms with Crippen molar-refractivity contribution in [2.45, 2.75) is 18.9 Å². The highest BCUT2D eigenvalue weighted by atomic mass is 14.8. The Labute approximate surface area is 49.6 Å². The molecule has 2 aliphatic rings. The van der Waals surface area contributed by atoms with Crippen molar-refractivity contribution in [3.63, 3.8) is 0 Å². The third-order valence-electron chi connectivity index (χ3n) is 2.38. The van der Waals surface area contributed by atoms with Crippen LogP contribution in [0.25, 0.3) is 0 Å². The SMILES string of the molecule is NC1[C@H]2CC=CC[C@@H]12. The highest BCUT2D eigenvalue weighted by Gasteiger charge is 2.46. The fraction of sp³-hybridized carbons (Fsp3) is 0.714. The third-order valence-corrected chi connectivity index (χ3v) is 2.38. The molecule has 0 saturated heterocycles. The van der Waals surface area contributed by atoms with Crippen LogP contribution in [0.4, 0.5) is 0 Å². The van der Waals surface area contributed by atoms with Crippen molar-refractivity contribution >= 4 is 0 Å². The molecule has 3 atom stereocenters. The molecule has 1 heteroatoms. The lowest BCUT2D eigenvalue weighted by Gasteiger charge is -1.96. The number of hydrogen-bond donors (Lipinski definition) is 1. The Balaban J connectivity index is 2.08. The molecule has 2 rings (SSSR count). The third kappa shape index (κ3) is 0.451. The normalized spacial score (nSPS) is 50.9. The first kappa shape index (κ1) is 4.57. The molecule has 0 aromatic carbocycles. The molecule has 44 valence electrons. The standard InChI is InChI=1S/C7H11N/c8-7-5-3-1-2-4-6(5)7/h1-2,5-7H,3-4,8H2/t5-,6+,7?. The molecule has 0 aromatic rings. The Morgan fingerprint density at radius 1 is 1.12 bits per heavy atom. The van der Waals surface area contributed by atoms with E-state index in [0.29, 0.717) is 6.04 Å². The topological polar surface area (TPSA) is 26.0 Å². The number of fused-ring (bicyclic) bond motifs is 1. The van der Waals surface area contributed by atoms with E-state index in [2.05, 4.69) is 12.2 Å². The summed E-state index contributed by atoms with van der Waals surface area (Å²) in [5, 5.41) is 0. The minimum absolute atomic E-state index is 0.546. The number of nitrogens with two attached hydrogens (primary N) is 1. The van der Waals surface area contributed by atoms with Crippen molar-refractivity contribution in [1.29, 1.82) is 0 Å². The van der Waals surface area contributed by atoms with Crippen molar-refractivity contribution in [3.05, 3.63) is 12.2 Å². The first-order valence-corrected chi connectivity index (χ1v) is 3.30. The van der Waals surface area contributed by atoms with Crippen LogP contribution < -0.4 is 5.73 Å². The number of allylic oxidation sites excluding steroid dienone is 2. The van der Waals surface area contributed by atoms with Crippen LogP contribution in [-0.2, 0) is 0 Å². The van der Waals surface area contributed by atoms with Crippen LogP contribution in [-0.4, -0.2) is 6.04 Å². The summed E-state index contributed by atoms with van der Waals surface area (Å²) in [4.78, 5) is 0. The van der Waals surface area contributed by atoms with Gasteiger partial charge in [0.25, 0.3) is 0 Å². The van der Waals surface area contributed by atoms with Gasteiger partial charge in [-0.1, -0.05) is 12.2 Å². The Hall–Kier alpha value is -0.300. The molecular formula is C7H11N. The van der Waals surface area contributed by atoms with Gasteiger partial charge in [-0.3, -0.25) is 0 Å². The van der Waals surface area contributed by atoms with Crippen molar-refractivity contribution in [1.82, 2.24) is 0 Å². The summed E-state index contributed by atoms with van der Waals surface area (Å²) in [6.07, 6.45) is 7.00. The minimum Gasteiger partial charge on any atom is -0.327 e. The second-order valence-electron chi connectivity index (χ2n) is 2.85. The summed E-state index contributed by atoms with van der Waals surface area (Å²) in [5.41, 5.74) is 5.73. The van der Waals surface area contributed by atoms with Gasteiger partial charge in [0.2, 0.25) is 0 Å². The molecule has 1 nitrogen and oxygen atoms in total. The van der Waals surface area contributed by atoms with Crippen molar-refractivity contribution in [3.8, 4) is 0 Å². The fourth-order valence-corrected chi connectivity index (χ4v) is 1.65. The van der Waals surface area contributed by atoms with Gasteiger partial charge < -0.3 is 5.73 Å². The predicted molar refractivity (Wildman–Crippen MR) is 33.3 cm³/mol. The maximum atomic E-state index is 5.73. The van der Waals surface area contributed by atoms with E-state index in [-0.39, 0.29) is 0 Å². The van der Waals surface area contributed by atoms with Crippen LogP contribution in [0.15, 0.2) is 12.2 Å². The smallest absolute Gasteiger partial charge is 0.0108 e. The van der Waals surface area contributed by atoms with Crippen LogP contribution in [0.2, 0.25) is 0 Å². The summed E-state index contributed by atoms with van der Waals surface area (Å²) in [6, 6.07) is 0.546. The highest BCUT2D eigenvalue weighted by Crippen LogP contribution is 2.45. The van der Waals surface area contributed by atoms with Crippen molar-refractivity contribution < 1.29 is 0 Å². The lowest BCUT2D eigenvalue weighted by atomic mass is 10.1. The van der Waals surface area contributed by atoms with Gasteiger partial charge in [0.15, 0.2) is 0 Å². The molecule has 0 aliphatic heterocycles. The molecule has 2 aliphatic carbocycles. The van der Waals surface area contributed by atoms with Gasteiger partial charge in [0, 0.05) is 6.04 Å². The molecule has 0 amide bonds. The fourth-order valence-electron chi connectivity index (χ4n) is 1.65. The molecule has 0 bridgehead atoms. The monoisotopic (exact) mass is 109 g/mol. The number of rotatable bonds is 0. The van der Waals surface area contributed by atoms with E-state index in [1.807, 2.05) is 0 Å². The van der Waals surface area contributed by atoms with Gasteiger partial charge in [-0.05, 0) is 24.7 Å². The largest absolute Gasteiger partial charge is 0.327 e. The predicted octanol–water partition coefficient (Wildman–Crippen LogP) is 0.910. The summed E-state index contributed by atoms with van der Waals surface area (Å²) in [7, 11) is 0. The Morgan fingerprint density at radius 3 is 2.00 bits per heavy atom. The van der Waals surface area contributed by atoms with Crippen LogP contribution in [0, 0.1) is 11.8 Å². The minimum atomic E-state index is 0.546. The van der Waals surface area contributed by atoms with Gasteiger partial charge in [0.05, 0.1) is 0 Å². The molecule has 1 fully saturated rings. The first-order valence-electron chi connectivity index (χ1n) is 3.30. The van der Waals surface area contributed by atoms with E-state index in [9.17, 15) is 0 Å². The highest BCUT2D eigenvalue weighted by molar-refractivity contribution is 5.11. The van der Waals surface area contributed by atoms with Crippen LogP contribution in [0.5, 0.6) is 0 Å². The molecule has 8 heavy (non-hydrogen) atoms. The first-order chi connectivity index (χ1) is 3.89. The summed E-state index contributed by atoms with van der Waals surface area (Å²) in [5.74, 6) is 1.72. The average Bonchev–Trinajstić information content (AvgIpc) is 2.46. The average molecular weight is 109 g/mol. The maximum absolute atomic E-state index is 5.73. The van der Waals surface area contributed by atoms with Gasteiger partial charge in [-0.15, -0.1) is 0 Å². The molecule has 0 radical (unpaired) electrons. The van der Waals surface area contributed by atoms with Gasteiger partial charge in [0.1, 0.15) is 0 Å². The molecule has 1 unspecified atom stereocenters. The van der Waals surface area contributed by atoms with Crippen LogP contribution >= 0.6 is 0 Å². The zero-order valence-corrected chi connectivity index (χ0v) is 4.88. The van der Waals surface area contributed by atoms with E-state index in [4.69, 9.17) is 5.73 Å². The Bertz CT molecular complexity index is 114. The van der Waals surface area contributed by atoms with E-state index in [0.717, 1.165) is 11.8 Å². The summed E-state index contributed by atoms with van der Waals surface area (Å²) >= 11 is 0. The zero-order valence-electron chi connectivity index (χ0n) is 4.88. The molecule has 1 saturated carbocycles. The van der Waals surface area contributed by atoms with Crippen LogP contribution in [0.3, 0.4) is 0 Å². The van der Waals surface area contributed by atoms with E-state index in [1.165, 1.54) is 12.8 Å². The van der Waals surface area contributed by atoms with E-state index >= 15 is 0 Å². The van der Waals surface area contributed by atoms with Crippen molar-refractivity contribution in [2.75, 3.05) is 0 Å². The zero-order chi connectivity index (χ0) is 5.56. The second kappa shape index (κ2) is 1.35. The molecule has 0 spiro atoms. The molecular weight excluding hydrogens is 98.1 g/mol. The maximum Gasteiger partial charge on any atom is 0.0108 e. The lowest BCUT2D eigenvalue weighted by Crippen LogP contribution is -2.02. The Kier molecular flexibility index (Phi) is 0.770. The van der Waals surface area contributed by atoms with Gasteiger partial charge >= 0.3 is 0 Å². The summed E-state index contributed by atoms with van der Waals surface area (Å²) in [6.45, 7) is 0. The van der Waals surface area contributed by atoms with Gasteiger partial charge in [-0.2, -0.15) is 0 Å². The quantitative estimate of drug-likeness (QED) is 0.460. The van der Waals surface area contributed by atoms with Gasteiger partial charge in [-0.25, -0.2) is 0 Å². The summed E-state index contributed by atoms with van der Waals surface area (Å²) < 4.78 is 0. The molecule has 0 heterocycles. The number of hydrogen-bond acceptors (Lipinski definition) is 1.